The van der Waals surface area contributed by atoms with E-state index in [0.717, 1.165) is 8.81 Å². The Labute approximate surface area is 129 Å². The van der Waals surface area contributed by atoms with E-state index in [9.17, 15) is 0 Å². The van der Waals surface area contributed by atoms with E-state index in [1.165, 1.54) is 9.77 Å². The van der Waals surface area contributed by atoms with Crippen LogP contribution in [0.25, 0.3) is 0 Å². The Bertz CT molecular complexity index is 510. The van der Waals surface area contributed by atoms with Crippen LogP contribution in [0.2, 0.25) is 5.02 Å². The van der Waals surface area contributed by atoms with Crippen LogP contribution in [0.4, 0.5) is 0 Å². The first kappa shape index (κ1) is 14.4. The molecule has 0 spiro atoms. The summed E-state index contributed by atoms with van der Waals surface area (Å²) in [5.74, 6) is 0. The summed E-state index contributed by atoms with van der Waals surface area (Å²) in [4.78, 5) is 2.48. The third-order valence-corrected chi connectivity index (χ3v) is 6.02. The van der Waals surface area contributed by atoms with Crippen LogP contribution in [0, 0.1) is 0 Å². The molecule has 0 fully saturated rings. The summed E-state index contributed by atoms with van der Waals surface area (Å²) in [6.45, 7) is 2.04. The number of hydrogen-bond acceptors (Lipinski definition) is 3. The van der Waals surface area contributed by atoms with Crippen molar-refractivity contribution in [2.75, 3.05) is 0 Å². The zero-order chi connectivity index (χ0) is 13.1. The summed E-state index contributed by atoms with van der Waals surface area (Å²) in [5.41, 5.74) is 6.10. The van der Waals surface area contributed by atoms with Crippen LogP contribution in [0.15, 0.2) is 45.1 Å². The molecule has 0 saturated carbocycles. The Balaban J connectivity index is 2.19. The van der Waals surface area contributed by atoms with E-state index in [2.05, 4.69) is 28.1 Å². The van der Waals surface area contributed by atoms with Crippen molar-refractivity contribution in [3.63, 3.8) is 0 Å². The summed E-state index contributed by atoms with van der Waals surface area (Å²) in [7, 11) is 0. The highest BCUT2D eigenvalue weighted by Crippen LogP contribution is 2.41. The number of benzene rings is 1. The molecular formula is C13H13BrClNS2. The maximum absolute atomic E-state index is 6.10. The van der Waals surface area contributed by atoms with E-state index in [1.54, 1.807) is 23.1 Å². The van der Waals surface area contributed by atoms with Crippen LogP contribution < -0.4 is 5.73 Å². The molecule has 2 unspecified atom stereocenters. The lowest BCUT2D eigenvalue weighted by Crippen LogP contribution is -2.21. The lowest BCUT2D eigenvalue weighted by molar-refractivity contribution is 0.730. The largest absolute Gasteiger partial charge is 0.327 e. The number of rotatable bonds is 4. The normalized spacial score (nSPS) is 14.4. The van der Waals surface area contributed by atoms with Gasteiger partial charge in [0.05, 0.1) is 9.04 Å². The second-order valence-corrected chi connectivity index (χ2v) is 8.14. The maximum atomic E-state index is 6.10. The minimum Gasteiger partial charge on any atom is -0.327 e. The highest BCUT2D eigenvalue weighted by molar-refractivity contribution is 9.11. The lowest BCUT2D eigenvalue weighted by atomic mass is 10.2. The van der Waals surface area contributed by atoms with Gasteiger partial charge in [-0.1, -0.05) is 11.6 Å². The van der Waals surface area contributed by atoms with Gasteiger partial charge in [-0.25, -0.2) is 0 Å². The van der Waals surface area contributed by atoms with Gasteiger partial charge in [0.1, 0.15) is 0 Å². The molecule has 18 heavy (non-hydrogen) atoms. The molecule has 0 aliphatic carbocycles. The van der Waals surface area contributed by atoms with Gasteiger partial charge in [0, 0.05) is 20.8 Å². The molecule has 0 radical (unpaired) electrons. The van der Waals surface area contributed by atoms with Gasteiger partial charge in [-0.15, -0.1) is 23.1 Å². The number of halogens is 2. The Morgan fingerprint density at radius 3 is 2.39 bits per heavy atom. The molecule has 5 heteroatoms. The molecular weight excluding hydrogens is 350 g/mol. The fourth-order valence-electron chi connectivity index (χ4n) is 1.57. The molecule has 2 aromatic rings. The Morgan fingerprint density at radius 1 is 1.22 bits per heavy atom. The predicted molar refractivity (Wildman–Crippen MR) is 85.7 cm³/mol. The fraction of sp³-hybridized carbons (Fsp3) is 0.231. The van der Waals surface area contributed by atoms with Gasteiger partial charge >= 0.3 is 0 Å². The van der Waals surface area contributed by atoms with Crippen molar-refractivity contribution in [2.24, 2.45) is 5.73 Å². The number of thiophene rings is 1. The zero-order valence-electron chi connectivity index (χ0n) is 9.77. The molecule has 0 saturated heterocycles. The summed E-state index contributed by atoms with van der Waals surface area (Å²) >= 11 is 12.9. The average molecular weight is 363 g/mol. The van der Waals surface area contributed by atoms with Gasteiger partial charge in [-0.05, 0) is 59.3 Å². The maximum Gasteiger partial charge on any atom is 0.0701 e. The molecule has 1 heterocycles. The molecule has 2 atom stereocenters. The number of hydrogen-bond donors (Lipinski definition) is 1. The van der Waals surface area contributed by atoms with Gasteiger partial charge in [0.2, 0.25) is 0 Å². The molecule has 2 rings (SSSR count). The summed E-state index contributed by atoms with van der Waals surface area (Å²) in [6, 6.07) is 12.2. The van der Waals surface area contributed by atoms with Gasteiger partial charge in [0.25, 0.3) is 0 Å². The fourth-order valence-corrected chi connectivity index (χ4v) is 4.50. The van der Waals surface area contributed by atoms with Crippen LogP contribution in [0.5, 0.6) is 0 Å². The van der Waals surface area contributed by atoms with Crippen molar-refractivity contribution in [1.82, 2.24) is 0 Å². The van der Waals surface area contributed by atoms with E-state index in [0.29, 0.717) is 0 Å². The van der Waals surface area contributed by atoms with Crippen LogP contribution in [0.3, 0.4) is 0 Å². The minimum absolute atomic E-state index is 0.0937. The summed E-state index contributed by atoms with van der Waals surface area (Å²) < 4.78 is 1.14. The smallest absolute Gasteiger partial charge is 0.0701 e. The lowest BCUT2D eigenvalue weighted by Gasteiger charge is -2.19. The van der Waals surface area contributed by atoms with E-state index < -0.39 is 0 Å². The van der Waals surface area contributed by atoms with Crippen molar-refractivity contribution in [2.45, 2.75) is 23.1 Å². The van der Waals surface area contributed by atoms with Crippen molar-refractivity contribution in [3.8, 4) is 0 Å². The first-order valence-electron chi connectivity index (χ1n) is 5.49. The average Bonchev–Trinajstić information content (AvgIpc) is 2.74. The van der Waals surface area contributed by atoms with E-state index in [-0.39, 0.29) is 11.3 Å². The summed E-state index contributed by atoms with van der Waals surface area (Å²) in [5, 5.41) is 1.03. The Morgan fingerprint density at radius 2 is 1.89 bits per heavy atom. The molecule has 96 valence electrons. The second kappa shape index (κ2) is 6.44. The highest BCUT2D eigenvalue weighted by atomic mass is 79.9. The highest BCUT2D eigenvalue weighted by Gasteiger charge is 2.19. The second-order valence-electron chi connectivity index (χ2n) is 3.99. The first-order chi connectivity index (χ1) is 8.56. The van der Waals surface area contributed by atoms with Crippen LogP contribution in [-0.2, 0) is 0 Å². The quantitative estimate of drug-likeness (QED) is 0.742. The topological polar surface area (TPSA) is 26.0 Å². The standard InChI is InChI=1S/C13H13BrClNS2/c1-8(16)13(11-6-7-12(14)18-11)17-10-4-2-9(15)3-5-10/h2-8,13H,16H2,1H3. The Hall–Kier alpha value is -0.0000000000000000833. The van der Waals surface area contributed by atoms with Crippen LogP contribution >= 0.6 is 50.6 Å². The first-order valence-corrected chi connectivity index (χ1v) is 8.36. The van der Waals surface area contributed by atoms with Gasteiger partial charge in [-0.3, -0.25) is 0 Å². The van der Waals surface area contributed by atoms with Gasteiger partial charge < -0.3 is 5.73 Å². The SMILES string of the molecule is CC(N)C(Sc1ccc(Cl)cc1)c1ccc(Br)s1. The molecule has 1 aromatic carbocycles. The van der Waals surface area contributed by atoms with Crippen molar-refractivity contribution >= 4 is 50.6 Å². The van der Waals surface area contributed by atoms with E-state index in [4.69, 9.17) is 17.3 Å². The molecule has 0 bridgehead atoms. The molecule has 2 N–H and O–H groups in total. The van der Waals surface area contributed by atoms with Gasteiger partial charge in [-0.2, -0.15) is 0 Å². The third-order valence-electron chi connectivity index (χ3n) is 2.43. The molecule has 1 aromatic heterocycles. The van der Waals surface area contributed by atoms with Crippen molar-refractivity contribution < 1.29 is 0 Å². The van der Waals surface area contributed by atoms with Crippen molar-refractivity contribution in [1.29, 1.82) is 0 Å². The number of thioether (sulfide) groups is 1. The number of nitrogens with two attached hydrogens (primary N) is 1. The third kappa shape index (κ3) is 3.75. The van der Waals surface area contributed by atoms with E-state index in [1.807, 2.05) is 31.2 Å². The minimum atomic E-state index is 0.0937. The van der Waals surface area contributed by atoms with Gasteiger partial charge in [0.15, 0.2) is 0 Å². The van der Waals surface area contributed by atoms with E-state index >= 15 is 0 Å². The molecule has 0 aliphatic heterocycles. The summed E-state index contributed by atoms with van der Waals surface area (Å²) in [6.07, 6.45) is 0. The predicted octanol–water partition coefficient (Wildman–Crippen LogP) is 5.34. The van der Waals surface area contributed by atoms with Crippen LogP contribution in [0.1, 0.15) is 17.1 Å². The molecule has 0 amide bonds. The molecule has 0 aliphatic rings. The Kier molecular flexibility index (Phi) is 5.15. The van der Waals surface area contributed by atoms with Crippen LogP contribution in [-0.4, -0.2) is 6.04 Å². The van der Waals surface area contributed by atoms with Crippen molar-refractivity contribution in [3.05, 3.63) is 50.1 Å². The zero-order valence-corrected chi connectivity index (χ0v) is 13.7. The monoisotopic (exact) mass is 361 g/mol. The molecule has 1 nitrogen and oxygen atoms in total.